The second-order valence-electron chi connectivity index (χ2n) is 20.0. The number of aryl methyl sites for hydroxylation is 1. The van der Waals surface area contributed by atoms with Gasteiger partial charge in [-0.3, -0.25) is 22.6 Å². The monoisotopic (exact) mass is 1130 g/mol. The van der Waals surface area contributed by atoms with E-state index in [-0.39, 0.29) is 30.1 Å². The first-order valence-electron chi connectivity index (χ1n) is 24.8. The molecular formula is C55H61N2O14S5+. The third-order valence-electron chi connectivity index (χ3n) is 14.2. The van der Waals surface area contributed by atoms with Gasteiger partial charge in [0.1, 0.15) is 6.54 Å². The molecular weight excluding hydrogens is 1070 g/mol. The molecule has 0 fully saturated rings. The molecule has 0 saturated carbocycles. The molecule has 1 atom stereocenters. The van der Waals surface area contributed by atoms with E-state index in [0.717, 1.165) is 113 Å². The van der Waals surface area contributed by atoms with Crippen molar-refractivity contribution in [3.05, 3.63) is 148 Å². The highest BCUT2D eigenvalue weighted by Crippen LogP contribution is 2.52. The van der Waals surface area contributed by atoms with Crippen LogP contribution in [0.1, 0.15) is 95.8 Å². The standard InChI is InChI=1S/C55H60N2O14S5/c1-54(2)48(56(30-5-7-32-69-74(61)62)46-25-15-39-34-42(73-71-70-60)21-23-44(39)51(46)54)27-17-37-10-9-11-38(53(37)72-41-19-12-36(13-20-41)14-29-50(58)59)18-28-49-55(3,4)52-45-24-22-43(76(66,67)68)35-40(45)16-26-47(52)57(49)31-6-8-33-75(63,64)65/h12-13,15-28,34-35H,5-11,14,29-33H2,1-4H3,(H4-,58,59,60,61,62,63,64,65,66,67,68)/p+1. The first kappa shape index (κ1) is 57.2. The Labute approximate surface area is 454 Å². The first-order valence-corrected chi connectivity index (χ1v) is 30.4. The summed E-state index contributed by atoms with van der Waals surface area (Å²) in [6.07, 6.45) is 13.4. The van der Waals surface area contributed by atoms with Gasteiger partial charge in [0.25, 0.3) is 20.2 Å². The van der Waals surface area contributed by atoms with Crippen molar-refractivity contribution in [3.8, 4) is 0 Å². The van der Waals surface area contributed by atoms with Crippen LogP contribution in [0.4, 0.5) is 11.4 Å². The number of fused-ring (bicyclic) bond motifs is 6. The van der Waals surface area contributed by atoms with E-state index in [4.69, 9.17) is 13.8 Å². The molecule has 0 bridgehead atoms. The number of anilines is 1. The normalized spacial score (nSPS) is 18.0. The lowest BCUT2D eigenvalue weighted by Crippen LogP contribution is -2.28. The summed E-state index contributed by atoms with van der Waals surface area (Å²) in [5.74, 6) is -1.24. The van der Waals surface area contributed by atoms with Crippen LogP contribution in [0.3, 0.4) is 0 Å². The van der Waals surface area contributed by atoms with Crippen LogP contribution < -0.4 is 4.90 Å². The van der Waals surface area contributed by atoms with Crippen LogP contribution >= 0.6 is 23.8 Å². The summed E-state index contributed by atoms with van der Waals surface area (Å²) >= 11 is 0.171. The molecule has 16 nitrogen and oxygen atoms in total. The van der Waals surface area contributed by atoms with Crippen LogP contribution in [-0.4, -0.2) is 86.8 Å². The Kier molecular flexibility index (Phi) is 18.0. The Morgan fingerprint density at radius 3 is 2.24 bits per heavy atom. The van der Waals surface area contributed by atoms with E-state index < -0.39 is 48.4 Å². The summed E-state index contributed by atoms with van der Waals surface area (Å²) in [5, 5.41) is 25.5. The van der Waals surface area contributed by atoms with Crippen molar-refractivity contribution >= 4 is 100 Å². The van der Waals surface area contributed by atoms with Gasteiger partial charge in [0.2, 0.25) is 5.69 Å². The number of benzene rings is 5. The van der Waals surface area contributed by atoms with Crippen molar-refractivity contribution in [2.45, 2.75) is 111 Å². The van der Waals surface area contributed by atoms with Gasteiger partial charge in [0.15, 0.2) is 5.71 Å². The van der Waals surface area contributed by atoms with Gasteiger partial charge in [0.05, 0.1) is 34.7 Å². The molecule has 8 rings (SSSR count). The smallest absolute Gasteiger partial charge is 0.303 e. The summed E-state index contributed by atoms with van der Waals surface area (Å²) in [6, 6.07) is 26.3. The van der Waals surface area contributed by atoms with Crippen LogP contribution in [0.2, 0.25) is 0 Å². The summed E-state index contributed by atoms with van der Waals surface area (Å²) < 4.78 is 99.9. The number of carbonyl (C=O) groups is 1. The van der Waals surface area contributed by atoms with Gasteiger partial charge in [0, 0.05) is 68.6 Å². The number of thioether (sulfide) groups is 1. The number of unbranched alkanes of at least 4 members (excludes halogenated alkanes) is 2. The van der Waals surface area contributed by atoms with Crippen LogP contribution in [0, 0.1) is 0 Å². The predicted octanol–water partition coefficient (Wildman–Crippen LogP) is 12.1. The van der Waals surface area contributed by atoms with Gasteiger partial charge < -0.3 is 10.0 Å². The molecule has 1 unspecified atom stereocenters. The van der Waals surface area contributed by atoms with E-state index in [1.165, 1.54) is 12.1 Å². The van der Waals surface area contributed by atoms with Crippen LogP contribution in [0.5, 0.6) is 0 Å². The maximum Gasteiger partial charge on any atom is 0.303 e. The van der Waals surface area contributed by atoms with Gasteiger partial charge in [-0.15, -0.1) is 4.33 Å². The highest BCUT2D eigenvalue weighted by molar-refractivity contribution is 8.03. The maximum atomic E-state index is 12.2. The molecule has 76 heavy (non-hydrogen) atoms. The van der Waals surface area contributed by atoms with Gasteiger partial charge in [-0.25, -0.2) is 5.26 Å². The van der Waals surface area contributed by atoms with Gasteiger partial charge in [-0.1, -0.05) is 73.1 Å². The molecule has 0 saturated heterocycles. The van der Waals surface area contributed by atoms with E-state index in [1.807, 2.05) is 54.6 Å². The molecule has 0 spiro atoms. The third-order valence-corrected chi connectivity index (χ3v) is 18.1. The topological polar surface area (TPSA) is 238 Å². The minimum absolute atomic E-state index is 0.0195. The summed E-state index contributed by atoms with van der Waals surface area (Å²) in [7, 11) is -8.64. The average Bonchev–Trinajstić information content (AvgIpc) is 3.76. The van der Waals surface area contributed by atoms with Crippen molar-refractivity contribution in [1.82, 2.24) is 0 Å². The van der Waals surface area contributed by atoms with E-state index in [2.05, 4.69) is 78.6 Å². The zero-order valence-electron chi connectivity index (χ0n) is 42.4. The first-order chi connectivity index (χ1) is 36.1. The SMILES string of the molecule is CC1(C)C(/C=C/C2=C(Sc3ccc(CCC(=O)O)cc3)C(=C/C=C3/N(CCCCS(=O)(=O)O)c4ccc5cc(S(=O)(=O)O)ccc5c4C3(C)C)/CCC2)=[N+](CCCCOS(=O)O)c2ccc3cc(SOOO)ccc3c21. The van der Waals surface area contributed by atoms with E-state index in [1.54, 1.807) is 17.8 Å². The Morgan fingerprint density at radius 2 is 1.53 bits per heavy atom. The summed E-state index contributed by atoms with van der Waals surface area (Å²) in [4.78, 5) is 16.1. The lowest BCUT2D eigenvalue weighted by Gasteiger charge is -2.28. The molecule has 1 aliphatic carbocycles. The highest BCUT2D eigenvalue weighted by atomic mass is 32.2. The molecule has 0 radical (unpaired) electrons. The molecule has 5 aromatic rings. The minimum Gasteiger partial charge on any atom is -0.481 e. The molecule has 21 heteroatoms. The van der Waals surface area contributed by atoms with Crippen molar-refractivity contribution < 1.29 is 68.0 Å². The fourth-order valence-corrected chi connectivity index (χ4v) is 13.6. The molecule has 5 aromatic carbocycles. The van der Waals surface area contributed by atoms with Crippen molar-refractivity contribution in [2.75, 3.05) is 30.3 Å². The Bertz CT molecular complexity index is 3470. The molecule has 0 aromatic heterocycles. The van der Waals surface area contributed by atoms with Gasteiger partial charge in [-0.05, 0) is 157 Å². The van der Waals surface area contributed by atoms with Gasteiger partial charge >= 0.3 is 17.3 Å². The number of hydrogen-bond donors (Lipinski definition) is 5. The largest absolute Gasteiger partial charge is 0.481 e. The molecule has 2 aliphatic heterocycles. The number of nitrogens with zero attached hydrogens (tertiary/aromatic N) is 2. The Hall–Kier alpha value is -5.01. The predicted molar refractivity (Wildman–Crippen MR) is 298 cm³/mol. The lowest BCUT2D eigenvalue weighted by atomic mass is 9.78. The molecule has 404 valence electrons. The van der Waals surface area contributed by atoms with Crippen LogP contribution in [0.25, 0.3) is 21.5 Å². The van der Waals surface area contributed by atoms with E-state index in [0.29, 0.717) is 44.2 Å². The maximum absolute atomic E-state index is 12.2. The van der Waals surface area contributed by atoms with Crippen LogP contribution in [0.15, 0.2) is 146 Å². The van der Waals surface area contributed by atoms with Crippen molar-refractivity contribution in [1.29, 1.82) is 0 Å². The number of carboxylic acid groups (broad SMARTS) is 1. The fourth-order valence-electron chi connectivity index (χ4n) is 10.8. The fraction of sp³-hybridized carbons (Fsp3) is 0.345. The average molecular weight is 1130 g/mol. The van der Waals surface area contributed by atoms with E-state index >= 15 is 0 Å². The summed E-state index contributed by atoms with van der Waals surface area (Å²) in [6.45, 7) is 9.77. The number of aliphatic carboxylic acids is 1. The minimum atomic E-state index is -4.47. The van der Waals surface area contributed by atoms with Gasteiger partial charge in [-0.2, -0.15) is 25.6 Å². The van der Waals surface area contributed by atoms with Crippen LogP contribution in [-0.2, 0) is 67.2 Å². The number of carboxylic acids is 1. The third kappa shape index (κ3) is 13.1. The molecule has 0 amide bonds. The van der Waals surface area contributed by atoms with Crippen molar-refractivity contribution in [3.63, 3.8) is 0 Å². The Morgan fingerprint density at radius 1 is 0.816 bits per heavy atom. The second-order valence-corrected chi connectivity index (χ2v) is 25.5. The number of rotatable bonds is 23. The zero-order valence-corrected chi connectivity index (χ0v) is 46.5. The quantitative estimate of drug-likeness (QED) is 0.00777. The molecule has 5 N–H and O–H groups in total. The zero-order chi connectivity index (χ0) is 54.6. The Balaban J connectivity index is 1.24. The number of allylic oxidation sites excluding steroid dienone is 7. The highest BCUT2D eigenvalue weighted by Gasteiger charge is 2.46. The molecule has 2 heterocycles. The number of hydrogen-bond acceptors (Lipinski definition) is 13. The summed E-state index contributed by atoms with van der Waals surface area (Å²) in [5.41, 5.74) is 7.95. The molecule has 3 aliphatic rings. The lowest BCUT2D eigenvalue weighted by molar-refractivity contribution is -0.438. The van der Waals surface area contributed by atoms with E-state index in [9.17, 15) is 44.6 Å². The van der Waals surface area contributed by atoms with Crippen molar-refractivity contribution in [2.24, 2.45) is 0 Å². The second kappa shape index (κ2) is 23.9.